The van der Waals surface area contributed by atoms with E-state index in [1.165, 1.54) is 11.1 Å². The predicted molar refractivity (Wildman–Crippen MR) is 115 cm³/mol. The lowest BCUT2D eigenvalue weighted by atomic mass is 10.1. The third-order valence-corrected chi connectivity index (χ3v) is 4.71. The van der Waals surface area contributed by atoms with Crippen molar-refractivity contribution in [2.45, 2.75) is 27.2 Å². The topological polar surface area (TPSA) is 76.1 Å². The van der Waals surface area contributed by atoms with E-state index in [1.807, 2.05) is 49.4 Å². The number of rotatable bonds is 7. The van der Waals surface area contributed by atoms with Crippen molar-refractivity contribution < 1.29 is 9.53 Å². The maximum Gasteiger partial charge on any atom is 0.270 e. The Morgan fingerprint density at radius 2 is 1.72 bits per heavy atom. The number of amides is 1. The summed E-state index contributed by atoms with van der Waals surface area (Å²) in [7, 11) is 1.64. The number of ether oxygens (including phenoxy) is 1. The van der Waals surface area contributed by atoms with Gasteiger partial charge in [0.15, 0.2) is 0 Å². The van der Waals surface area contributed by atoms with E-state index < -0.39 is 0 Å². The first-order valence-corrected chi connectivity index (χ1v) is 9.55. The number of nitrogens with zero attached hydrogens (tertiary/aromatic N) is 2. The van der Waals surface area contributed by atoms with Crippen molar-refractivity contribution in [3.8, 4) is 5.75 Å². The van der Waals surface area contributed by atoms with Gasteiger partial charge in [0.1, 0.15) is 11.4 Å². The molecule has 0 fully saturated rings. The molecule has 0 saturated heterocycles. The van der Waals surface area contributed by atoms with Gasteiger partial charge in [0.25, 0.3) is 5.91 Å². The van der Waals surface area contributed by atoms with Gasteiger partial charge in [-0.2, -0.15) is 0 Å². The molecule has 0 saturated carbocycles. The maximum absolute atomic E-state index is 12.5. The first kappa shape index (κ1) is 20.3. The van der Waals surface area contributed by atoms with Gasteiger partial charge in [0, 0.05) is 17.9 Å². The molecule has 1 heterocycles. The SMILES string of the molecule is COc1ccc(CCNC(=O)c2cc(C)nc(Nc3ccc(C)c(C)c3)n2)cc1. The van der Waals surface area contributed by atoms with Crippen molar-refractivity contribution in [2.75, 3.05) is 19.0 Å². The summed E-state index contributed by atoms with van der Waals surface area (Å²) >= 11 is 0. The van der Waals surface area contributed by atoms with Crippen LogP contribution in [0.2, 0.25) is 0 Å². The Hall–Kier alpha value is -3.41. The zero-order valence-electron chi connectivity index (χ0n) is 17.2. The predicted octanol–water partition coefficient (Wildman–Crippen LogP) is 4.13. The number of nitrogens with one attached hydrogen (secondary N) is 2. The molecular weight excluding hydrogens is 364 g/mol. The summed E-state index contributed by atoms with van der Waals surface area (Å²) in [5.41, 5.74) is 5.49. The van der Waals surface area contributed by atoms with Crippen LogP contribution in [-0.4, -0.2) is 29.5 Å². The van der Waals surface area contributed by atoms with Crippen LogP contribution in [0.1, 0.15) is 32.9 Å². The van der Waals surface area contributed by atoms with E-state index in [2.05, 4.69) is 34.4 Å². The molecule has 0 aliphatic rings. The van der Waals surface area contributed by atoms with E-state index in [4.69, 9.17) is 4.74 Å². The molecule has 3 aromatic rings. The third-order valence-electron chi connectivity index (χ3n) is 4.71. The first-order chi connectivity index (χ1) is 13.9. The van der Waals surface area contributed by atoms with Gasteiger partial charge in [-0.15, -0.1) is 0 Å². The molecule has 0 aliphatic heterocycles. The molecule has 0 radical (unpaired) electrons. The second kappa shape index (κ2) is 9.19. The molecule has 29 heavy (non-hydrogen) atoms. The van der Waals surface area contributed by atoms with E-state index >= 15 is 0 Å². The van der Waals surface area contributed by atoms with Crippen LogP contribution in [0.3, 0.4) is 0 Å². The standard InChI is InChI=1S/C23H26N4O2/c1-15-5-8-19(13-16(15)2)26-23-25-17(3)14-21(27-23)22(28)24-12-11-18-6-9-20(29-4)10-7-18/h5-10,13-14H,11-12H2,1-4H3,(H,24,28)(H,25,26,27). The molecule has 0 unspecified atom stereocenters. The van der Waals surface area contributed by atoms with Crippen LogP contribution in [0.15, 0.2) is 48.5 Å². The van der Waals surface area contributed by atoms with Crippen molar-refractivity contribution in [3.63, 3.8) is 0 Å². The monoisotopic (exact) mass is 390 g/mol. The second-order valence-corrected chi connectivity index (χ2v) is 7.00. The fourth-order valence-corrected chi connectivity index (χ4v) is 2.89. The molecule has 6 nitrogen and oxygen atoms in total. The summed E-state index contributed by atoms with van der Waals surface area (Å²) in [5.74, 6) is 1.01. The Bertz CT molecular complexity index is 1000. The molecule has 1 amide bonds. The highest BCUT2D eigenvalue weighted by Gasteiger charge is 2.11. The first-order valence-electron chi connectivity index (χ1n) is 9.55. The van der Waals surface area contributed by atoms with Gasteiger partial charge in [0.05, 0.1) is 7.11 Å². The second-order valence-electron chi connectivity index (χ2n) is 7.00. The number of carbonyl (C=O) groups is 1. The quantitative estimate of drug-likeness (QED) is 0.634. The van der Waals surface area contributed by atoms with E-state index in [0.717, 1.165) is 29.1 Å². The maximum atomic E-state index is 12.5. The lowest BCUT2D eigenvalue weighted by Gasteiger charge is -2.10. The average molecular weight is 390 g/mol. The molecule has 0 atom stereocenters. The van der Waals surface area contributed by atoms with Gasteiger partial charge in [-0.25, -0.2) is 9.97 Å². The fraction of sp³-hybridized carbons (Fsp3) is 0.261. The highest BCUT2D eigenvalue weighted by Crippen LogP contribution is 2.18. The number of methoxy groups -OCH3 is 1. The lowest BCUT2D eigenvalue weighted by molar-refractivity contribution is 0.0949. The lowest BCUT2D eigenvalue weighted by Crippen LogP contribution is -2.27. The van der Waals surface area contributed by atoms with Crippen molar-refractivity contribution in [1.29, 1.82) is 0 Å². The van der Waals surface area contributed by atoms with Crippen LogP contribution >= 0.6 is 0 Å². The summed E-state index contributed by atoms with van der Waals surface area (Å²) in [6, 6.07) is 15.6. The van der Waals surface area contributed by atoms with Crippen molar-refractivity contribution in [3.05, 3.63) is 76.6 Å². The van der Waals surface area contributed by atoms with Crippen molar-refractivity contribution in [1.82, 2.24) is 15.3 Å². The molecule has 2 N–H and O–H groups in total. The van der Waals surface area contributed by atoms with Crippen LogP contribution < -0.4 is 15.4 Å². The minimum absolute atomic E-state index is 0.216. The number of anilines is 2. The minimum Gasteiger partial charge on any atom is -0.497 e. The number of aryl methyl sites for hydroxylation is 3. The molecule has 3 rings (SSSR count). The van der Waals surface area contributed by atoms with Crippen molar-refractivity contribution >= 4 is 17.5 Å². The molecule has 2 aromatic carbocycles. The summed E-state index contributed by atoms with van der Waals surface area (Å²) in [6.45, 7) is 6.49. The molecule has 150 valence electrons. The Morgan fingerprint density at radius 1 is 0.966 bits per heavy atom. The highest BCUT2D eigenvalue weighted by molar-refractivity contribution is 5.92. The number of hydrogen-bond donors (Lipinski definition) is 2. The number of hydrogen-bond acceptors (Lipinski definition) is 5. The third kappa shape index (κ3) is 5.54. The molecule has 6 heteroatoms. The zero-order valence-corrected chi connectivity index (χ0v) is 17.2. The highest BCUT2D eigenvalue weighted by atomic mass is 16.5. The largest absolute Gasteiger partial charge is 0.497 e. The molecule has 0 aliphatic carbocycles. The van der Waals surface area contributed by atoms with Crippen molar-refractivity contribution in [2.24, 2.45) is 0 Å². The van der Waals surface area contributed by atoms with Crippen LogP contribution in [0.5, 0.6) is 5.75 Å². The van der Waals surface area contributed by atoms with E-state index in [1.54, 1.807) is 13.2 Å². The fourth-order valence-electron chi connectivity index (χ4n) is 2.89. The Labute approximate surface area is 171 Å². The normalized spacial score (nSPS) is 10.5. The molecular formula is C23H26N4O2. The van der Waals surface area contributed by atoms with E-state index in [-0.39, 0.29) is 5.91 Å². The Morgan fingerprint density at radius 3 is 2.41 bits per heavy atom. The summed E-state index contributed by atoms with van der Waals surface area (Å²) in [4.78, 5) is 21.3. The van der Waals surface area contributed by atoms with E-state index in [9.17, 15) is 4.79 Å². The Balaban J connectivity index is 1.63. The van der Waals surface area contributed by atoms with Gasteiger partial charge in [-0.1, -0.05) is 18.2 Å². The van der Waals surface area contributed by atoms with Crippen LogP contribution in [0, 0.1) is 20.8 Å². The molecule has 0 bridgehead atoms. The smallest absolute Gasteiger partial charge is 0.270 e. The van der Waals surface area contributed by atoms with Gasteiger partial charge in [-0.05, 0) is 74.2 Å². The summed E-state index contributed by atoms with van der Waals surface area (Å²) in [5, 5.41) is 6.11. The zero-order chi connectivity index (χ0) is 20.8. The number of benzene rings is 2. The van der Waals surface area contributed by atoms with Gasteiger partial charge >= 0.3 is 0 Å². The van der Waals surface area contributed by atoms with Crippen LogP contribution in [0.4, 0.5) is 11.6 Å². The van der Waals surface area contributed by atoms with Gasteiger partial charge in [-0.3, -0.25) is 4.79 Å². The van der Waals surface area contributed by atoms with Crippen LogP contribution in [0.25, 0.3) is 0 Å². The summed E-state index contributed by atoms with van der Waals surface area (Å²) in [6.07, 6.45) is 0.730. The van der Waals surface area contributed by atoms with E-state index in [0.29, 0.717) is 18.2 Å². The average Bonchev–Trinajstić information content (AvgIpc) is 2.71. The van der Waals surface area contributed by atoms with Gasteiger partial charge < -0.3 is 15.4 Å². The van der Waals surface area contributed by atoms with Crippen LogP contribution in [-0.2, 0) is 6.42 Å². The number of aromatic nitrogens is 2. The van der Waals surface area contributed by atoms with Gasteiger partial charge in [0.2, 0.25) is 5.95 Å². The number of carbonyl (C=O) groups excluding carboxylic acids is 1. The molecule has 0 spiro atoms. The molecule has 1 aromatic heterocycles. The minimum atomic E-state index is -0.216. The Kier molecular flexibility index (Phi) is 6.44. The summed E-state index contributed by atoms with van der Waals surface area (Å²) < 4.78 is 5.16.